The SMILES string of the molecule is N[C@H](CC(=O)NC1CCc2ccccc21)c1ccc(C(=O)Nc2ccncc2)cc1. The van der Waals surface area contributed by atoms with Gasteiger partial charge in [-0.2, -0.15) is 0 Å². The molecule has 3 aromatic rings. The zero-order valence-corrected chi connectivity index (χ0v) is 16.5. The van der Waals surface area contributed by atoms with Crippen molar-refractivity contribution in [3.63, 3.8) is 0 Å². The van der Waals surface area contributed by atoms with Crippen LogP contribution in [0.15, 0.2) is 73.1 Å². The molecule has 0 bridgehead atoms. The molecule has 6 nitrogen and oxygen atoms in total. The molecule has 1 aliphatic rings. The summed E-state index contributed by atoms with van der Waals surface area (Å²) in [4.78, 5) is 28.8. The van der Waals surface area contributed by atoms with Gasteiger partial charge in [-0.05, 0) is 53.8 Å². The van der Waals surface area contributed by atoms with Crippen LogP contribution < -0.4 is 16.4 Å². The van der Waals surface area contributed by atoms with E-state index in [0.29, 0.717) is 11.3 Å². The van der Waals surface area contributed by atoms with Crippen LogP contribution in [0.25, 0.3) is 0 Å². The average Bonchev–Trinajstić information content (AvgIpc) is 3.17. The molecule has 4 N–H and O–H groups in total. The Balaban J connectivity index is 1.33. The summed E-state index contributed by atoms with van der Waals surface area (Å²) in [5, 5.41) is 5.92. The van der Waals surface area contributed by atoms with E-state index in [1.807, 2.05) is 12.1 Å². The predicted molar refractivity (Wildman–Crippen MR) is 116 cm³/mol. The van der Waals surface area contributed by atoms with E-state index in [-0.39, 0.29) is 24.3 Å². The van der Waals surface area contributed by atoms with Crippen molar-refractivity contribution < 1.29 is 9.59 Å². The molecular weight excluding hydrogens is 376 g/mol. The van der Waals surface area contributed by atoms with Gasteiger partial charge in [0, 0.05) is 36.1 Å². The van der Waals surface area contributed by atoms with Gasteiger partial charge in [0.2, 0.25) is 5.91 Å². The molecule has 0 fully saturated rings. The topological polar surface area (TPSA) is 97.1 Å². The lowest BCUT2D eigenvalue weighted by atomic mass is 10.0. The molecule has 2 aromatic carbocycles. The van der Waals surface area contributed by atoms with Gasteiger partial charge in [0.05, 0.1) is 6.04 Å². The third-order valence-corrected chi connectivity index (χ3v) is 5.41. The lowest BCUT2D eigenvalue weighted by Gasteiger charge is -2.17. The quantitative estimate of drug-likeness (QED) is 0.590. The second-order valence-corrected chi connectivity index (χ2v) is 7.48. The molecule has 0 radical (unpaired) electrons. The van der Waals surface area contributed by atoms with Crippen LogP contribution in [0.3, 0.4) is 0 Å². The Morgan fingerprint density at radius 2 is 1.77 bits per heavy atom. The van der Waals surface area contributed by atoms with E-state index in [0.717, 1.165) is 18.4 Å². The van der Waals surface area contributed by atoms with E-state index in [2.05, 4.69) is 27.8 Å². The number of aryl methyl sites for hydroxylation is 1. The second-order valence-electron chi connectivity index (χ2n) is 7.48. The van der Waals surface area contributed by atoms with Crippen LogP contribution in [-0.2, 0) is 11.2 Å². The fourth-order valence-electron chi connectivity index (χ4n) is 3.80. The van der Waals surface area contributed by atoms with Gasteiger partial charge in [0.1, 0.15) is 0 Å². The van der Waals surface area contributed by atoms with Gasteiger partial charge in [-0.15, -0.1) is 0 Å². The van der Waals surface area contributed by atoms with Gasteiger partial charge in [0.25, 0.3) is 5.91 Å². The third kappa shape index (κ3) is 4.55. The number of nitrogens with one attached hydrogen (secondary N) is 2. The monoisotopic (exact) mass is 400 g/mol. The first-order valence-corrected chi connectivity index (χ1v) is 10.0. The number of nitrogens with two attached hydrogens (primary N) is 1. The van der Waals surface area contributed by atoms with Crippen LogP contribution >= 0.6 is 0 Å². The Labute approximate surface area is 175 Å². The van der Waals surface area contributed by atoms with Crippen LogP contribution in [0.2, 0.25) is 0 Å². The third-order valence-electron chi connectivity index (χ3n) is 5.41. The Morgan fingerprint density at radius 3 is 2.53 bits per heavy atom. The van der Waals surface area contributed by atoms with Gasteiger partial charge in [-0.25, -0.2) is 0 Å². The first kappa shape index (κ1) is 19.8. The number of rotatable bonds is 6. The van der Waals surface area contributed by atoms with Gasteiger partial charge in [-0.1, -0.05) is 36.4 Å². The maximum absolute atomic E-state index is 12.5. The lowest BCUT2D eigenvalue weighted by molar-refractivity contribution is -0.122. The van der Waals surface area contributed by atoms with E-state index >= 15 is 0 Å². The van der Waals surface area contributed by atoms with Crippen molar-refractivity contribution in [2.24, 2.45) is 5.73 Å². The summed E-state index contributed by atoms with van der Waals surface area (Å²) in [6.45, 7) is 0. The molecule has 0 aliphatic heterocycles. The smallest absolute Gasteiger partial charge is 0.255 e. The number of hydrogen-bond acceptors (Lipinski definition) is 4. The van der Waals surface area contributed by atoms with Gasteiger partial charge < -0.3 is 16.4 Å². The number of carbonyl (C=O) groups is 2. The molecule has 152 valence electrons. The minimum atomic E-state index is -0.432. The number of hydrogen-bond donors (Lipinski definition) is 3. The highest BCUT2D eigenvalue weighted by atomic mass is 16.2. The maximum Gasteiger partial charge on any atom is 0.255 e. The summed E-state index contributed by atoms with van der Waals surface area (Å²) in [5.74, 6) is -0.275. The van der Waals surface area contributed by atoms with Crippen molar-refractivity contribution >= 4 is 17.5 Å². The van der Waals surface area contributed by atoms with E-state index in [1.165, 1.54) is 11.1 Å². The Morgan fingerprint density at radius 1 is 1.03 bits per heavy atom. The molecule has 0 spiro atoms. The standard InChI is InChI=1S/C24H24N4O2/c25-21(15-23(29)28-22-10-9-16-3-1-2-4-20(16)22)17-5-7-18(8-6-17)24(30)27-19-11-13-26-14-12-19/h1-8,11-14,21-22H,9-10,15,25H2,(H,28,29)(H,26,27,30)/t21-,22?/m1/s1. The Bertz CT molecular complexity index is 1030. The van der Waals surface area contributed by atoms with Crippen molar-refractivity contribution in [1.29, 1.82) is 0 Å². The lowest BCUT2D eigenvalue weighted by Crippen LogP contribution is -2.30. The van der Waals surface area contributed by atoms with Crippen molar-refractivity contribution in [2.75, 3.05) is 5.32 Å². The summed E-state index contributed by atoms with van der Waals surface area (Å²) in [6, 6.07) is 18.3. The minimum Gasteiger partial charge on any atom is -0.349 e. The number of anilines is 1. The molecule has 6 heteroatoms. The first-order chi connectivity index (χ1) is 14.6. The molecule has 1 unspecified atom stereocenters. The number of pyridine rings is 1. The zero-order valence-electron chi connectivity index (χ0n) is 16.5. The largest absolute Gasteiger partial charge is 0.349 e. The highest BCUT2D eigenvalue weighted by Gasteiger charge is 2.24. The van der Waals surface area contributed by atoms with Crippen LogP contribution in [0.5, 0.6) is 0 Å². The van der Waals surface area contributed by atoms with Crippen LogP contribution in [0.1, 0.15) is 52.0 Å². The normalized spacial score (nSPS) is 15.8. The fourth-order valence-corrected chi connectivity index (χ4v) is 3.80. The van der Waals surface area contributed by atoms with Crippen molar-refractivity contribution in [2.45, 2.75) is 31.3 Å². The summed E-state index contributed by atoms with van der Waals surface area (Å²) in [6.07, 6.45) is 5.33. The highest BCUT2D eigenvalue weighted by Crippen LogP contribution is 2.31. The summed E-state index contributed by atoms with van der Waals surface area (Å²) in [5.41, 5.74) is 10.8. The van der Waals surface area contributed by atoms with Crippen molar-refractivity contribution in [3.8, 4) is 0 Å². The number of benzene rings is 2. The second kappa shape index (κ2) is 8.88. The van der Waals surface area contributed by atoms with Crippen molar-refractivity contribution in [1.82, 2.24) is 10.3 Å². The molecule has 2 amide bonds. The van der Waals surface area contributed by atoms with E-state index < -0.39 is 6.04 Å². The van der Waals surface area contributed by atoms with Crippen LogP contribution in [0, 0.1) is 0 Å². The van der Waals surface area contributed by atoms with E-state index in [1.54, 1.807) is 48.8 Å². The summed E-state index contributed by atoms with van der Waals surface area (Å²) in [7, 11) is 0. The summed E-state index contributed by atoms with van der Waals surface area (Å²) >= 11 is 0. The van der Waals surface area contributed by atoms with Crippen LogP contribution in [-0.4, -0.2) is 16.8 Å². The Hall–Kier alpha value is -3.51. The fraction of sp³-hybridized carbons (Fsp3) is 0.208. The van der Waals surface area contributed by atoms with Gasteiger partial charge in [-0.3, -0.25) is 14.6 Å². The molecule has 1 heterocycles. The number of nitrogens with zero attached hydrogens (tertiary/aromatic N) is 1. The number of carbonyl (C=O) groups excluding carboxylic acids is 2. The van der Waals surface area contributed by atoms with E-state index in [9.17, 15) is 9.59 Å². The molecule has 30 heavy (non-hydrogen) atoms. The zero-order chi connectivity index (χ0) is 20.9. The molecular formula is C24H24N4O2. The Kier molecular flexibility index (Phi) is 5.86. The molecule has 4 rings (SSSR count). The summed E-state index contributed by atoms with van der Waals surface area (Å²) < 4.78 is 0. The average molecular weight is 400 g/mol. The maximum atomic E-state index is 12.5. The first-order valence-electron chi connectivity index (χ1n) is 10.0. The number of amides is 2. The molecule has 1 aliphatic carbocycles. The van der Waals surface area contributed by atoms with Gasteiger partial charge >= 0.3 is 0 Å². The minimum absolute atomic E-state index is 0.0557. The van der Waals surface area contributed by atoms with Crippen molar-refractivity contribution in [3.05, 3.63) is 95.3 Å². The highest BCUT2D eigenvalue weighted by molar-refractivity contribution is 6.04. The number of fused-ring (bicyclic) bond motifs is 1. The molecule has 0 saturated heterocycles. The van der Waals surface area contributed by atoms with E-state index in [4.69, 9.17) is 5.73 Å². The van der Waals surface area contributed by atoms with Gasteiger partial charge in [0.15, 0.2) is 0 Å². The molecule has 1 aromatic heterocycles. The van der Waals surface area contributed by atoms with Crippen LogP contribution in [0.4, 0.5) is 5.69 Å². The molecule has 0 saturated carbocycles. The number of aromatic nitrogens is 1. The molecule has 2 atom stereocenters. The predicted octanol–water partition coefficient (Wildman–Crippen LogP) is 3.53.